The van der Waals surface area contributed by atoms with Crippen molar-refractivity contribution in [3.05, 3.63) is 23.6 Å². The van der Waals surface area contributed by atoms with E-state index in [4.69, 9.17) is 0 Å². The largest absolute Gasteiger partial charge is 0.354 e. The third kappa shape index (κ3) is 3.90. The molecule has 1 heterocycles. The Morgan fingerprint density at radius 1 is 1.47 bits per heavy atom. The topological polar surface area (TPSA) is 28.2 Å². The lowest BCUT2D eigenvalue weighted by Gasteiger charge is -2.24. The summed E-state index contributed by atoms with van der Waals surface area (Å²) in [6.45, 7) is 9.02. The summed E-state index contributed by atoms with van der Waals surface area (Å²) in [5.74, 6) is 1.29. The molecule has 4 heteroatoms. The number of aromatic nitrogens is 1. The molecule has 1 N–H and O–H groups in total. The molecule has 1 aliphatic carbocycles. The number of rotatable bonds is 7. The molecule has 0 spiro atoms. The van der Waals surface area contributed by atoms with Gasteiger partial charge < -0.3 is 10.2 Å². The average Bonchev–Trinajstić information content (AvgIpc) is 3.16. The molecule has 0 saturated heterocycles. The molecule has 2 rings (SSSR count). The highest BCUT2D eigenvalue weighted by molar-refractivity contribution is 5.49. The van der Waals surface area contributed by atoms with Crippen LogP contribution < -0.4 is 10.2 Å². The van der Waals surface area contributed by atoms with Gasteiger partial charge in [-0.25, -0.2) is 9.37 Å². The molecular weight excluding hydrogens is 241 g/mol. The fourth-order valence-corrected chi connectivity index (χ4v) is 2.33. The summed E-state index contributed by atoms with van der Waals surface area (Å²) in [7, 11) is 0. The summed E-state index contributed by atoms with van der Waals surface area (Å²) in [5.41, 5.74) is 0.967. The minimum absolute atomic E-state index is 0.253. The monoisotopic (exact) mass is 265 g/mol. The molecule has 0 unspecified atom stereocenters. The first-order valence-electron chi connectivity index (χ1n) is 7.23. The van der Waals surface area contributed by atoms with Crippen LogP contribution in [0, 0.1) is 11.7 Å². The highest BCUT2D eigenvalue weighted by Gasteiger charge is 2.30. The maximum atomic E-state index is 13.4. The standard InChI is InChI=1S/C15H24FN3/c1-4-19(14-5-6-14)15-12(7-13(16)10-18-15)9-17-8-11(2)3/h7,10-11,14,17H,4-6,8-9H2,1-3H3. The third-order valence-corrected chi connectivity index (χ3v) is 3.38. The highest BCUT2D eigenvalue weighted by Crippen LogP contribution is 2.32. The summed E-state index contributed by atoms with van der Waals surface area (Å²) >= 11 is 0. The molecule has 19 heavy (non-hydrogen) atoms. The Labute approximate surface area is 115 Å². The molecule has 3 nitrogen and oxygen atoms in total. The molecule has 1 aliphatic rings. The van der Waals surface area contributed by atoms with Crippen LogP contribution >= 0.6 is 0 Å². The van der Waals surface area contributed by atoms with Crippen molar-refractivity contribution in [2.75, 3.05) is 18.0 Å². The molecule has 1 aromatic heterocycles. The van der Waals surface area contributed by atoms with Crippen LogP contribution in [0.1, 0.15) is 39.2 Å². The summed E-state index contributed by atoms with van der Waals surface area (Å²) in [6, 6.07) is 2.22. The Morgan fingerprint density at radius 3 is 2.79 bits per heavy atom. The zero-order valence-corrected chi connectivity index (χ0v) is 12.1. The number of nitrogens with one attached hydrogen (secondary N) is 1. The van der Waals surface area contributed by atoms with Gasteiger partial charge in [0.25, 0.3) is 0 Å². The van der Waals surface area contributed by atoms with Crippen LogP contribution in [0.25, 0.3) is 0 Å². The van der Waals surface area contributed by atoms with Crippen molar-refractivity contribution in [2.45, 2.75) is 46.2 Å². The minimum atomic E-state index is -0.253. The molecule has 0 aromatic carbocycles. The van der Waals surface area contributed by atoms with Gasteiger partial charge in [-0.2, -0.15) is 0 Å². The van der Waals surface area contributed by atoms with Crippen molar-refractivity contribution in [1.82, 2.24) is 10.3 Å². The first-order valence-corrected chi connectivity index (χ1v) is 7.23. The van der Waals surface area contributed by atoms with E-state index in [1.165, 1.54) is 19.0 Å². The van der Waals surface area contributed by atoms with Crippen molar-refractivity contribution in [2.24, 2.45) is 5.92 Å². The molecular formula is C15H24FN3. The molecule has 1 fully saturated rings. The van der Waals surface area contributed by atoms with Gasteiger partial charge in [0.1, 0.15) is 11.6 Å². The normalized spacial score (nSPS) is 15.0. The van der Waals surface area contributed by atoms with Gasteiger partial charge in [0.05, 0.1) is 6.20 Å². The van der Waals surface area contributed by atoms with E-state index in [9.17, 15) is 4.39 Å². The first kappa shape index (κ1) is 14.3. The van der Waals surface area contributed by atoms with Crippen molar-refractivity contribution in [1.29, 1.82) is 0 Å². The summed E-state index contributed by atoms with van der Waals surface area (Å²) < 4.78 is 13.4. The van der Waals surface area contributed by atoms with E-state index in [1.807, 2.05) is 0 Å². The summed E-state index contributed by atoms with van der Waals surface area (Å²) in [5, 5.41) is 3.37. The summed E-state index contributed by atoms with van der Waals surface area (Å²) in [4.78, 5) is 6.62. The average molecular weight is 265 g/mol. The van der Waals surface area contributed by atoms with E-state index in [0.717, 1.165) is 24.5 Å². The minimum Gasteiger partial charge on any atom is -0.354 e. The van der Waals surface area contributed by atoms with Crippen LogP contribution in [0.2, 0.25) is 0 Å². The predicted molar refractivity (Wildman–Crippen MR) is 76.8 cm³/mol. The van der Waals surface area contributed by atoms with E-state index < -0.39 is 0 Å². The maximum Gasteiger partial charge on any atom is 0.141 e. The Balaban J connectivity index is 2.12. The van der Waals surface area contributed by atoms with Gasteiger partial charge in [-0.3, -0.25) is 0 Å². The third-order valence-electron chi connectivity index (χ3n) is 3.38. The van der Waals surface area contributed by atoms with Crippen LogP contribution in [-0.4, -0.2) is 24.1 Å². The van der Waals surface area contributed by atoms with E-state index in [2.05, 4.69) is 36.0 Å². The zero-order chi connectivity index (χ0) is 13.8. The van der Waals surface area contributed by atoms with Crippen molar-refractivity contribution >= 4 is 5.82 Å². The number of halogens is 1. The van der Waals surface area contributed by atoms with Gasteiger partial charge >= 0.3 is 0 Å². The maximum absolute atomic E-state index is 13.4. The van der Waals surface area contributed by atoms with Crippen LogP contribution in [0.3, 0.4) is 0 Å². The van der Waals surface area contributed by atoms with Gasteiger partial charge in [-0.05, 0) is 38.3 Å². The van der Waals surface area contributed by atoms with Crippen LogP contribution in [0.15, 0.2) is 12.3 Å². The van der Waals surface area contributed by atoms with Crippen LogP contribution in [-0.2, 0) is 6.54 Å². The molecule has 0 atom stereocenters. The SMILES string of the molecule is CCN(c1ncc(F)cc1CNCC(C)C)C1CC1. The number of pyridine rings is 1. The summed E-state index contributed by atoms with van der Waals surface area (Å²) in [6.07, 6.45) is 3.78. The van der Waals surface area contributed by atoms with E-state index in [1.54, 1.807) is 6.07 Å². The van der Waals surface area contributed by atoms with Crippen molar-refractivity contribution in [3.8, 4) is 0 Å². The van der Waals surface area contributed by atoms with E-state index >= 15 is 0 Å². The van der Waals surface area contributed by atoms with Crippen LogP contribution in [0.4, 0.5) is 10.2 Å². The number of anilines is 1. The molecule has 1 aromatic rings. The fourth-order valence-electron chi connectivity index (χ4n) is 2.33. The lowest BCUT2D eigenvalue weighted by molar-refractivity contribution is 0.548. The van der Waals surface area contributed by atoms with Gasteiger partial charge in [0, 0.05) is 24.7 Å². The Kier molecular flexibility index (Phi) is 4.75. The molecule has 0 aliphatic heterocycles. The second-order valence-corrected chi connectivity index (χ2v) is 5.68. The van der Waals surface area contributed by atoms with Gasteiger partial charge in [-0.1, -0.05) is 13.8 Å². The number of hydrogen-bond acceptors (Lipinski definition) is 3. The highest BCUT2D eigenvalue weighted by atomic mass is 19.1. The Bertz CT molecular complexity index is 416. The molecule has 1 saturated carbocycles. The second kappa shape index (κ2) is 6.33. The van der Waals surface area contributed by atoms with E-state index in [0.29, 0.717) is 18.5 Å². The van der Waals surface area contributed by atoms with Gasteiger partial charge in [0.15, 0.2) is 0 Å². The van der Waals surface area contributed by atoms with Gasteiger partial charge in [-0.15, -0.1) is 0 Å². The smallest absolute Gasteiger partial charge is 0.141 e. The number of hydrogen-bond donors (Lipinski definition) is 1. The van der Waals surface area contributed by atoms with Crippen molar-refractivity contribution < 1.29 is 4.39 Å². The van der Waals surface area contributed by atoms with E-state index in [-0.39, 0.29) is 5.82 Å². The molecule has 106 valence electrons. The quantitative estimate of drug-likeness (QED) is 0.821. The molecule has 0 bridgehead atoms. The van der Waals surface area contributed by atoms with Gasteiger partial charge in [0.2, 0.25) is 0 Å². The lowest BCUT2D eigenvalue weighted by Crippen LogP contribution is -2.29. The number of nitrogens with zero attached hydrogens (tertiary/aromatic N) is 2. The molecule has 0 amide bonds. The Morgan fingerprint density at radius 2 is 2.21 bits per heavy atom. The van der Waals surface area contributed by atoms with Crippen LogP contribution in [0.5, 0.6) is 0 Å². The lowest BCUT2D eigenvalue weighted by atomic mass is 10.2. The molecule has 0 radical (unpaired) electrons. The zero-order valence-electron chi connectivity index (χ0n) is 12.1. The Hall–Kier alpha value is -1.16. The fraction of sp³-hybridized carbons (Fsp3) is 0.667. The van der Waals surface area contributed by atoms with Crippen molar-refractivity contribution in [3.63, 3.8) is 0 Å². The predicted octanol–water partition coefficient (Wildman–Crippen LogP) is 2.96. The second-order valence-electron chi connectivity index (χ2n) is 5.68. The first-order chi connectivity index (χ1) is 9.11.